The summed E-state index contributed by atoms with van der Waals surface area (Å²) >= 11 is 0. The summed E-state index contributed by atoms with van der Waals surface area (Å²) in [7, 11) is 0. The average Bonchev–Trinajstić information content (AvgIpc) is 3.30. The Morgan fingerprint density at radius 1 is 1.20 bits per heavy atom. The first-order valence-corrected chi connectivity index (χ1v) is 8.14. The van der Waals surface area contributed by atoms with E-state index in [1.807, 2.05) is 44.3 Å². The van der Waals surface area contributed by atoms with Gasteiger partial charge in [-0.2, -0.15) is 10.1 Å². The summed E-state index contributed by atoms with van der Waals surface area (Å²) in [6.45, 7) is 5.34. The lowest BCUT2D eigenvalue weighted by molar-refractivity contribution is -0.121. The van der Waals surface area contributed by atoms with E-state index in [1.165, 1.54) is 0 Å². The van der Waals surface area contributed by atoms with Gasteiger partial charge in [0.2, 0.25) is 5.82 Å². The van der Waals surface area contributed by atoms with Crippen molar-refractivity contribution in [2.75, 3.05) is 18.1 Å². The summed E-state index contributed by atoms with van der Waals surface area (Å²) in [6, 6.07) is 7.34. The van der Waals surface area contributed by atoms with Gasteiger partial charge >= 0.3 is 0 Å². The van der Waals surface area contributed by atoms with Crippen molar-refractivity contribution >= 4 is 11.6 Å². The standard InChI is InChI=1S/C17H17N5O3/c1-3-21-8-7-12(19-21)17-18-16(20-25-17)11-5-6-14-13(9-11)22(4-2)15(23)10-24-14/h5-9H,3-4,10H2,1-2H3. The van der Waals surface area contributed by atoms with Gasteiger partial charge in [-0.05, 0) is 38.1 Å². The molecule has 0 radical (unpaired) electrons. The molecule has 8 nitrogen and oxygen atoms in total. The van der Waals surface area contributed by atoms with Gasteiger partial charge in [0.15, 0.2) is 12.3 Å². The van der Waals surface area contributed by atoms with Crippen LogP contribution < -0.4 is 9.64 Å². The third kappa shape index (κ3) is 2.65. The van der Waals surface area contributed by atoms with E-state index in [2.05, 4.69) is 15.2 Å². The Bertz CT molecular complexity index is 930. The maximum Gasteiger partial charge on any atom is 0.278 e. The highest BCUT2D eigenvalue weighted by molar-refractivity contribution is 5.98. The van der Waals surface area contributed by atoms with Gasteiger partial charge in [-0.3, -0.25) is 9.48 Å². The molecule has 2 aromatic heterocycles. The van der Waals surface area contributed by atoms with Crippen LogP contribution in [0.2, 0.25) is 0 Å². The molecule has 0 aliphatic carbocycles. The first-order valence-electron chi connectivity index (χ1n) is 8.14. The van der Waals surface area contributed by atoms with Crippen LogP contribution in [0.1, 0.15) is 13.8 Å². The summed E-state index contributed by atoms with van der Waals surface area (Å²) < 4.78 is 12.6. The highest BCUT2D eigenvalue weighted by atomic mass is 16.5. The third-order valence-electron chi connectivity index (χ3n) is 4.09. The number of carbonyl (C=O) groups is 1. The lowest BCUT2D eigenvalue weighted by atomic mass is 10.1. The second kappa shape index (κ2) is 6.04. The minimum Gasteiger partial charge on any atom is -0.482 e. The first-order chi connectivity index (χ1) is 12.2. The van der Waals surface area contributed by atoms with Crippen LogP contribution in [0.4, 0.5) is 5.69 Å². The molecule has 1 aromatic carbocycles. The number of ether oxygens (including phenoxy) is 1. The Morgan fingerprint density at radius 3 is 2.84 bits per heavy atom. The van der Waals surface area contributed by atoms with Crippen molar-refractivity contribution in [3.05, 3.63) is 30.5 Å². The summed E-state index contributed by atoms with van der Waals surface area (Å²) in [4.78, 5) is 18.1. The molecule has 128 valence electrons. The van der Waals surface area contributed by atoms with Crippen molar-refractivity contribution in [1.82, 2.24) is 19.9 Å². The van der Waals surface area contributed by atoms with Gasteiger partial charge in [-0.15, -0.1) is 0 Å². The molecular formula is C17H17N5O3. The highest BCUT2D eigenvalue weighted by Gasteiger charge is 2.25. The Morgan fingerprint density at radius 2 is 2.08 bits per heavy atom. The van der Waals surface area contributed by atoms with E-state index in [9.17, 15) is 4.79 Å². The number of fused-ring (bicyclic) bond motifs is 1. The molecule has 1 aliphatic heterocycles. The normalized spacial score (nSPS) is 13.7. The smallest absolute Gasteiger partial charge is 0.278 e. The van der Waals surface area contributed by atoms with E-state index >= 15 is 0 Å². The minimum atomic E-state index is -0.0638. The molecule has 25 heavy (non-hydrogen) atoms. The fourth-order valence-corrected chi connectivity index (χ4v) is 2.78. The van der Waals surface area contributed by atoms with E-state index in [-0.39, 0.29) is 12.5 Å². The molecule has 4 rings (SSSR count). The molecule has 0 N–H and O–H groups in total. The molecule has 1 aliphatic rings. The van der Waals surface area contributed by atoms with E-state index in [4.69, 9.17) is 9.26 Å². The van der Waals surface area contributed by atoms with Crippen LogP contribution in [0.25, 0.3) is 23.0 Å². The largest absolute Gasteiger partial charge is 0.482 e. The van der Waals surface area contributed by atoms with Crippen molar-refractivity contribution in [3.8, 4) is 28.7 Å². The number of rotatable bonds is 4. The quantitative estimate of drug-likeness (QED) is 0.725. The third-order valence-corrected chi connectivity index (χ3v) is 4.09. The van der Waals surface area contributed by atoms with E-state index in [0.717, 1.165) is 17.8 Å². The van der Waals surface area contributed by atoms with Gasteiger partial charge in [-0.25, -0.2) is 0 Å². The summed E-state index contributed by atoms with van der Waals surface area (Å²) in [5.74, 6) is 1.42. The second-order valence-corrected chi connectivity index (χ2v) is 5.59. The van der Waals surface area contributed by atoms with Gasteiger partial charge in [0.05, 0.1) is 5.69 Å². The van der Waals surface area contributed by atoms with Crippen LogP contribution >= 0.6 is 0 Å². The SMILES string of the molecule is CCN1C(=O)COc2ccc(-c3noc(-c4ccn(CC)n4)n3)cc21. The fraction of sp³-hybridized carbons (Fsp3) is 0.294. The van der Waals surface area contributed by atoms with Crippen LogP contribution in [0.15, 0.2) is 35.0 Å². The number of hydrogen-bond acceptors (Lipinski definition) is 6. The van der Waals surface area contributed by atoms with Crippen LogP contribution in [-0.4, -0.2) is 39.0 Å². The average molecular weight is 339 g/mol. The molecule has 0 atom stereocenters. The van der Waals surface area contributed by atoms with Gasteiger partial charge in [0.1, 0.15) is 5.75 Å². The second-order valence-electron chi connectivity index (χ2n) is 5.59. The topological polar surface area (TPSA) is 86.3 Å². The zero-order chi connectivity index (χ0) is 17.4. The number of aromatic nitrogens is 4. The van der Waals surface area contributed by atoms with Crippen molar-refractivity contribution in [1.29, 1.82) is 0 Å². The predicted molar refractivity (Wildman–Crippen MR) is 90.2 cm³/mol. The number of hydrogen-bond donors (Lipinski definition) is 0. The maximum absolute atomic E-state index is 12.0. The summed E-state index contributed by atoms with van der Waals surface area (Å²) in [5, 5.41) is 8.40. The molecular weight excluding hydrogens is 322 g/mol. The van der Waals surface area contributed by atoms with Gasteiger partial charge in [0, 0.05) is 24.8 Å². The zero-order valence-corrected chi connectivity index (χ0v) is 14.0. The molecule has 8 heteroatoms. The van der Waals surface area contributed by atoms with Crippen LogP contribution in [0.5, 0.6) is 5.75 Å². The number of carbonyl (C=O) groups excluding carboxylic acids is 1. The lowest BCUT2D eigenvalue weighted by Gasteiger charge is -2.28. The first kappa shape index (κ1) is 15.4. The van der Waals surface area contributed by atoms with Gasteiger partial charge in [0.25, 0.3) is 11.8 Å². The van der Waals surface area contributed by atoms with Crippen LogP contribution in [-0.2, 0) is 11.3 Å². The van der Waals surface area contributed by atoms with E-state index in [0.29, 0.717) is 29.7 Å². The molecule has 0 bridgehead atoms. The monoisotopic (exact) mass is 339 g/mol. The molecule has 1 amide bonds. The van der Waals surface area contributed by atoms with Crippen LogP contribution in [0.3, 0.4) is 0 Å². The maximum atomic E-state index is 12.0. The van der Waals surface area contributed by atoms with Crippen molar-refractivity contribution in [2.24, 2.45) is 0 Å². The molecule has 0 saturated carbocycles. The Balaban J connectivity index is 1.69. The number of aryl methyl sites for hydroxylation is 1. The van der Waals surface area contributed by atoms with Gasteiger partial charge in [-0.1, -0.05) is 5.16 Å². The summed E-state index contributed by atoms with van der Waals surface area (Å²) in [5.41, 5.74) is 2.10. The van der Waals surface area contributed by atoms with Crippen molar-refractivity contribution in [2.45, 2.75) is 20.4 Å². The highest BCUT2D eigenvalue weighted by Crippen LogP contribution is 2.35. The van der Waals surface area contributed by atoms with E-state index in [1.54, 1.807) is 9.58 Å². The number of nitrogens with zero attached hydrogens (tertiary/aromatic N) is 5. The molecule has 3 aromatic rings. The summed E-state index contributed by atoms with van der Waals surface area (Å²) in [6.07, 6.45) is 1.86. The number of likely N-dealkylation sites (N-methyl/N-ethyl adjacent to an activating group) is 1. The number of amides is 1. The molecule has 3 heterocycles. The van der Waals surface area contributed by atoms with Crippen LogP contribution in [0, 0.1) is 0 Å². The lowest BCUT2D eigenvalue weighted by Crippen LogP contribution is -2.38. The number of anilines is 1. The molecule has 0 fully saturated rings. The van der Waals surface area contributed by atoms with Crippen molar-refractivity contribution < 1.29 is 14.1 Å². The Labute approximate surface area is 144 Å². The Hall–Kier alpha value is -3.16. The predicted octanol–water partition coefficient (Wildman–Crippen LogP) is 2.37. The molecule has 0 spiro atoms. The van der Waals surface area contributed by atoms with Gasteiger partial charge < -0.3 is 14.2 Å². The number of benzene rings is 1. The van der Waals surface area contributed by atoms with Crippen molar-refractivity contribution in [3.63, 3.8) is 0 Å². The molecule has 0 unspecified atom stereocenters. The molecule has 0 saturated heterocycles. The van der Waals surface area contributed by atoms with E-state index < -0.39 is 0 Å². The minimum absolute atomic E-state index is 0.0621. The fourth-order valence-electron chi connectivity index (χ4n) is 2.78. The Kier molecular flexibility index (Phi) is 3.72. The zero-order valence-electron chi connectivity index (χ0n) is 14.0.